The first-order chi connectivity index (χ1) is 14.7. The van der Waals surface area contributed by atoms with Crippen molar-refractivity contribution in [3.05, 3.63) is 83.0 Å². The van der Waals surface area contributed by atoms with Crippen LogP contribution >= 0.6 is 11.6 Å². The molecule has 0 unspecified atom stereocenters. The number of nitrogens with one attached hydrogen (secondary N) is 1. The van der Waals surface area contributed by atoms with Crippen molar-refractivity contribution in [2.75, 3.05) is 30.3 Å². The highest BCUT2D eigenvalue weighted by Gasteiger charge is 2.22. The van der Waals surface area contributed by atoms with Gasteiger partial charge in [0.15, 0.2) is 0 Å². The first kappa shape index (κ1) is 22.6. The average Bonchev–Trinajstić information content (AvgIpc) is 2.77. The quantitative estimate of drug-likeness (QED) is 0.585. The van der Waals surface area contributed by atoms with Crippen LogP contribution in [0.4, 0.5) is 11.5 Å². The first-order valence-electron chi connectivity index (χ1n) is 9.44. The van der Waals surface area contributed by atoms with E-state index in [1.54, 1.807) is 48.7 Å². The Kier molecular flexibility index (Phi) is 6.82. The molecule has 0 fully saturated rings. The number of sulfonamides is 1. The molecule has 1 aromatic heterocycles. The zero-order valence-electron chi connectivity index (χ0n) is 17.4. The summed E-state index contributed by atoms with van der Waals surface area (Å²) < 4.78 is 27.2. The minimum absolute atomic E-state index is 0.0120. The van der Waals surface area contributed by atoms with Crippen molar-refractivity contribution in [2.24, 2.45) is 0 Å². The number of halogens is 1. The van der Waals surface area contributed by atoms with Gasteiger partial charge >= 0.3 is 0 Å². The zero-order chi connectivity index (χ0) is 22.6. The number of hydrogen-bond donors (Lipinski definition) is 1. The Balaban J connectivity index is 1.80. The summed E-state index contributed by atoms with van der Waals surface area (Å²) in [4.78, 5) is 18.9. The van der Waals surface area contributed by atoms with E-state index in [9.17, 15) is 13.2 Å². The molecule has 0 radical (unpaired) electrons. The summed E-state index contributed by atoms with van der Waals surface area (Å²) in [5.74, 6) is 0.373. The molecule has 1 N–H and O–H groups in total. The molecule has 7 nitrogen and oxygen atoms in total. The highest BCUT2D eigenvalue weighted by molar-refractivity contribution is 7.92. The van der Waals surface area contributed by atoms with Crippen molar-refractivity contribution in [2.45, 2.75) is 11.4 Å². The molecule has 1 amide bonds. The summed E-state index contributed by atoms with van der Waals surface area (Å²) in [7, 11) is 1.32. The molecule has 31 heavy (non-hydrogen) atoms. The molecule has 0 aliphatic carbocycles. The fourth-order valence-electron chi connectivity index (χ4n) is 3.02. The van der Waals surface area contributed by atoms with Crippen LogP contribution < -0.4 is 14.5 Å². The molecule has 0 atom stereocenters. The summed E-state index contributed by atoms with van der Waals surface area (Å²) in [6.07, 6.45) is 1.69. The van der Waals surface area contributed by atoms with Crippen molar-refractivity contribution in [1.82, 2.24) is 10.3 Å². The molecule has 162 valence electrons. The van der Waals surface area contributed by atoms with Gasteiger partial charge in [-0.05, 0) is 42.5 Å². The lowest BCUT2D eigenvalue weighted by molar-refractivity contribution is 0.0950. The second-order valence-corrected chi connectivity index (χ2v) is 9.45. The van der Waals surface area contributed by atoms with Gasteiger partial charge in [-0.3, -0.25) is 9.10 Å². The number of amides is 1. The molecule has 1 heterocycles. The lowest BCUT2D eigenvalue weighted by Gasteiger charge is -2.20. The SMILES string of the molecule is CN(C)c1ncccc1CNC(=O)c1cccc(S(=O)(=O)N(C)c2cccc(Cl)c2)c1. The van der Waals surface area contributed by atoms with E-state index in [0.29, 0.717) is 10.7 Å². The summed E-state index contributed by atoms with van der Waals surface area (Å²) in [6, 6.07) is 16.2. The molecule has 3 rings (SSSR count). The molecule has 0 spiro atoms. The van der Waals surface area contributed by atoms with Gasteiger partial charge in [0.2, 0.25) is 0 Å². The largest absolute Gasteiger partial charge is 0.362 e. The van der Waals surface area contributed by atoms with Gasteiger partial charge in [0.05, 0.1) is 10.6 Å². The molecule has 0 aliphatic heterocycles. The molecule has 0 bridgehead atoms. The van der Waals surface area contributed by atoms with Crippen molar-refractivity contribution < 1.29 is 13.2 Å². The third-order valence-electron chi connectivity index (χ3n) is 4.66. The lowest BCUT2D eigenvalue weighted by Crippen LogP contribution is -2.28. The standard InChI is InChI=1S/C22H23ClN4O3S/c1-26(2)21-17(8-6-12-24-21)15-25-22(28)16-7-4-11-20(13-16)31(29,30)27(3)19-10-5-9-18(23)14-19/h4-14H,15H2,1-3H3,(H,25,28). The minimum Gasteiger partial charge on any atom is -0.362 e. The van der Waals surface area contributed by atoms with E-state index in [1.165, 1.54) is 19.2 Å². The molecule has 0 saturated carbocycles. The normalized spacial score (nSPS) is 11.1. The van der Waals surface area contributed by atoms with Gasteiger partial charge in [0.25, 0.3) is 15.9 Å². The number of carbonyl (C=O) groups is 1. The summed E-state index contributed by atoms with van der Waals surface area (Å²) >= 11 is 5.99. The maximum absolute atomic E-state index is 13.1. The number of aromatic nitrogens is 1. The van der Waals surface area contributed by atoms with Crippen LogP contribution in [-0.4, -0.2) is 40.5 Å². The van der Waals surface area contributed by atoms with Gasteiger partial charge < -0.3 is 10.2 Å². The third-order valence-corrected chi connectivity index (χ3v) is 6.67. The zero-order valence-corrected chi connectivity index (χ0v) is 19.0. The Morgan fingerprint density at radius 3 is 2.48 bits per heavy atom. The highest BCUT2D eigenvalue weighted by atomic mass is 35.5. The Morgan fingerprint density at radius 2 is 1.77 bits per heavy atom. The fourth-order valence-corrected chi connectivity index (χ4v) is 4.43. The fraction of sp³-hybridized carbons (Fsp3) is 0.182. The van der Waals surface area contributed by atoms with Crippen LogP contribution in [0.3, 0.4) is 0 Å². The number of pyridine rings is 1. The van der Waals surface area contributed by atoms with Gasteiger partial charge in [-0.15, -0.1) is 0 Å². The molecule has 0 aliphatic rings. The van der Waals surface area contributed by atoms with Gasteiger partial charge in [-0.25, -0.2) is 13.4 Å². The molecule has 9 heteroatoms. The van der Waals surface area contributed by atoms with E-state index in [0.717, 1.165) is 15.7 Å². The maximum Gasteiger partial charge on any atom is 0.264 e. The van der Waals surface area contributed by atoms with Crippen molar-refractivity contribution in [1.29, 1.82) is 0 Å². The monoisotopic (exact) mass is 458 g/mol. The number of benzene rings is 2. The Morgan fingerprint density at radius 1 is 1.03 bits per heavy atom. The number of rotatable bonds is 7. The molecule has 2 aromatic carbocycles. The van der Waals surface area contributed by atoms with Gasteiger partial charge in [-0.1, -0.05) is 29.8 Å². The predicted octanol–water partition coefficient (Wildman–Crippen LogP) is 3.56. The number of nitrogens with zero attached hydrogens (tertiary/aromatic N) is 3. The second-order valence-electron chi connectivity index (χ2n) is 7.04. The summed E-state index contributed by atoms with van der Waals surface area (Å²) in [5.41, 5.74) is 1.52. The first-order valence-corrected chi connectivity index (χ1v) is 11.3. The van der Waals surface area contributed by atoms with Crippen LogP contribution in [0.25, 0.3) is 0 Å². The van der Waals surface area contributed by atoms with Crippen LogP contribution in [0.2, 0.25) is 5.02 Å². The van der Waals surface area contributed by atoms with Gasteiger partial charge in [0.1, 0.15) is 5.82 Å². The third kappa shape index (κ3) is 5.15. The van der Waals surface area contributed by atoms with Crippen LogP contribution in [0.1, 0.15) is 15.9 Å². The van der Waals surface area contributed by atoms with Crippen molar-refractivity contribution in [3.8, 4) is 0 Å². The summed E-state index contributed by atoms with van der Waals surface area (Å²) in [5, 5.41) is 3.26. The van der Waals surface area contributed by atoms with E-state index in [4.69, 9.17) is 11.6 Å². The van der Waals surface area contributed by atoms with Crippen LogP contribution in [0.5, 0.6) is 0 Å². The number of carbonyl (C=O) groups excluding carboxylic acids is 1. The molecule has 3 aromatic rings. The maximum atomic E-state index is 13.1. The Labute approximate surface area is 187 Å². The van der Waals surface area contributed by atoms with E-state index in [-0.39, 0.29) is 22.9 Å². The highest BCUT2D eigenvalue weighted by Crippen LogP contribution is 2.25. The summed E-state index contributed by atoms with van der Waals surface area (Å²) in [6.45, 7) is 0.263. The van der Waals surface area contributed by atoms with E-state index >= 15 is 0 Å². The predicted molar refractivity (Wildman–Crippen MR) is 123 cm³/mol. The van der Waals surface area contributed by atoms with Crippen LogP contribution in [0, 0.1) is 0 Å². The molecular formula is C22H23ClN4O3S. The van der Waals surface area contributed by atoms with Crippen LogP contribution in [0.15, 0.2) is 71.8 Å². The van der Waals surface area contributed by atoms with Crippen LogP contribution in [-0.2, 0) is 16.6 Å². The number of hydrogen-bond acceptors (Lipinski definition) is 5. The Bertz CT molecular complexity index is 1200. The lowest BCUT2D eigenvalue weighted by atomic mass is 10.2. The Hall–Kier alpha value is -3.10. The topological polar surface area (TPSA) is 82.6 Å². The minimum atomic E-state index is -3.87. The second kappa shape index (κ2) is 9.36. The smallest absolute Gasteiger partial charge is 0.264 e. The van der Waals surface area contributed by atoms with Gasteiger partial charge in [-0.2, -0.15) is 0 Å². The molecular weight excluding hydrogens is 436 g/mol. The number of anilines is 2. The van der Waals surface area contributed by atoms with Crippen molar-refractivity contribution >= 4 is 39.0 Å². The van der Waals surface area contributed by atoms with E-state index < -0.39 is 10.0 Å². The molecule has 0 saturated heterocycles. The van der Waals surface area contributed by atoms with E-state index in [1.807, 2.05) is 25.1 Å². The van der Waals surface area contributed by atoms with E-state index in [2.05, 4.69) is 10.3 Å². The van der Waals surface area contributed by atoms with Gasteiger partial charge in [0, 0.05) is 50.0 Å². The van der Waals surface area contributed by atoms with Crippen molar-refractivity contribution in [3.63, 3.8) is 0 Å². The average molecular weight is 459 g/mol.